The molecule has 1 aliphatic heterocycles. The molecule has 2 aliphatic rings. The smallest absolute Gasteiger partial charge is 0.247 e. The summed E-state index contributed by atoms with van der Waals surface area (Å²) in [5.41, 5.74) is 4.16. The van der Waals surface area contributed by atoms with Crippen molar-refractivity contribution in [3.05, 3.63) is 71.3 Å². The number of alkyl halides is 1. The van der Waals surface area contributed by atoms with Gasteiger partial charge in [0.05, 0.1) is 32.4 Å². The Morgan fingerprint density at radius 2 is 1.63 bits per heavy atom. The number of carbonyl (C=O) groups is 1. The first-order valence-corrected chi connectivity index (χ1v) is 11.2. The molecule has 0 spiro atoms. The van der Waals surface area contributed by atoms with Gasteiger partial charge in [-0.2, -0.15) is 5.10 Å². The van der Waals surface area contributed by atoms with E-state index in [1.807, 2.05) is 18.2 Å². The van der Waals surface area contributed by atoms with Crippen LogP contribution < -0.4 is 9.47 Å². The van der Waals surface area contributed by atoms with E-state index in [4.69, 9.17) is 14.6 Å². The van der Waals surface area contributed by atoms with Gasteiger partial charge in [0.15, 0.2) is 11.5 Å². The predicted octanol–water partition coefficient (Wildman–Crippen LogP) is 4.93. The monoisotopic (exact) mass is 468 g/mol. The van der Waals surface area contributed by atoms with Crippen LogP contribution in [-0.4, -0.2) is 30.8 Å². The molecule has 6 heteroatoms. The Kier molecular flexibility index (Phi) is 6.23. The molecular weight excluding hydrogens is 444 g/mol. The molecule has 0 aromatic heterocycles. The summed E-state index contributed by atoms with van der Waals surface area (Å²) in [5.74, 6) is 1.43. The molecule has 0 unspecified atom stereocenters. The molecule has 30 heavy (non-hydrogen) atoms. The number of allylic oxidation sites excluding steroid dienone is 2. The largest absolute Gasteiger partial charge is 0.493 e. The zero-order valence-corrected chi connectivity index (χ0v) is 18.8. The molecule has 0 fully saturated rings. The van der Waals surface area contributed by atoms with Gasteiger partial charge in [0.1, 0.15) is 0 Å². The highest BCUT2D eigenvalue weighted by molar-refractivity contribution is 9.08. The highest BCUT2D eigenvalue weighted by Crippen LogP contribution is 2.37. The highest BCUT2D eigenvalue weighted by atomic mass is 79.9. The summed E-state index contributed by atoms with van der Waals surface area (Å²) in [6, 6.07) is 14.1. The maximum atomic E-state index is 13.2. The molecule has 0 bridgehead atoms. The minimum absolute atomic E-state index is 0.0765. The van der Waals surface area contributed by atoms with Gasteiger partial charge in [-0.15, -0.1) is 0 Å². The lowest BCUT2D eigenvalue weighted by Gasteiger charge is -2.37. The number of fused-ring (bicyclic) bond motifs is 1. The van der Waals surface area contributed by atoms with Crippen LogP contribution in [0.3, 0.4) is 0 Å². The van der Waals surface area contributed by atoms with Crippen molar-refractivity contribution in [1.82, 2.24) is 5.01 Å². The van der Waals surface area contributed by atoms with E-state index in [0.717, 1.165) is 35.0 Å². The molecule has 2 aromatic carbocycles. The first kappa shape index (κ1) is 20.7. The summed E-state index contributed by atoms with van der Waals surface area (Å²) in [6.07, 6.45) is 5.82. The van der Waals surface area contributed by atoms with Crippen molar-refractivity contribution in [3.8, 4) is 11.5 Å². The number of rotatable bonds is 6. The fraction of sp³-hybridized carbons (Fsp3) is 0.333. The molecule has 4 rings (SSSR count). The standard InChI is InChI=1S/C24H25BrN2O3/c1-29-21-12-11-18(13-22(21)30-2)23-19-5-3-4-6-20(19)24(28)27(26-23)15-17-9-7-16(14-25)8-10-17/h3-4,7-13,19-20H,5-6,14-15H2,1-2H3/t19-,20+/m0/s1. The zero-order chi connectivity index (χ0) is 21.1. The predicted molar refractivity (Wildman–Crippen MR) is 121 cm³/mol. The average Bonchev–Trinajstić information content (AvgIpc) is 2.81. The van der Waals surface area contributed by atoms with Crippen molar-refractivity contribution in [2.75, 3.05) is 14.2 Å². The van der Waals surface area contributed by atoms with Crippen molar-refractivity contribution < 1.29 is 14.3 Å². The third kappa shape index (κ3) is 4.01. The Bertz CT molecular complexity index is 984. The Balaban J connectivity index is 1.71. The minimum Gasteiger partial charge on any atom is -0.493 e. The molecule has 0 N–H and O–H groups in total. The highest BCUT2D eigenvalue weighted by Gasteiger charge is 2.40. The van der Waals surface area contributed by atoms with Gasteiger partial charge in [-0.25, -0.2) is 5.01 Å². The molecule has 1 heterocycles. The number of carbonyl (C=O) groups excluding carboxylic acids is 1. The van der Waals surface area contributed by atoms with Gasteiger partial charge in [-0.1, -0.05) is 52.3 Å². The number of benzene rings is 2. The first-order valence-electron chi connectivity index (χ1n) is 10.1. The number of methoxy groups -OCH3 is 2. The number of amides is 1. The summed E-state index contributed by atoms with van der Waals surface area (Å²) >= 11 is 3.47. The third-order valence-electron chi connectivity index (χ3n) is 5.77. The number of hydrogen-bond acceptors (Lipinski definition) is 4. The number of ether oxygens (including phenoxy) is 2. The van der Waals surface area contributed by atoms with Crippen molar-refractivity contribution in [3.63, 3.8) is 0 Å². The van der Waals surface area contributed by atoms with Crippen molar-refractivity contribution in [2.45, 2.75) is 24.7 Å². The van der Waals surface area contributed by atoms with Crippen LogP contribution in [0.2, 0.25) is 0 Å². The zero-order valence-electron chi connectivity index (χ0n) is 17.2. The molecule has 0 radical (unpaired) electrons. The Labute approximate surface area is 185 Å². The SMILES string of the molecule is COc1ccc(C2=NN(Cc3ccc(CBr)cc3)C(=O)[C@@H]3CC=CC[C@H]23)cc1OC. The van der Waals surface area contributed by atoms with Crippen LogP contribution in [-0.2, 0) is 16.7 Å². The van der Waals surface area contributed by atoms with E-state index in [-0.39, 0.29) is 17.7 Å². The molecule has 0 saturated carbocycles. The van der Waals surface area contributed by atoms with Crippen LogP contribution in [0, 0.1) is 11.8 Å². The molecule has 5 nitrogen and oxygen atoms in total. The molecule has 156 valence electrons. The van der Waals surface area contributed by atoms with Crippen molar-refractivity contribution >= 4 is 27.5 Å². The number of hydrogen-bond donors (Lipinski definition) is 0. The fourth-order valence-corrected chi connectivity index (χ4v) is 4.50. The molecule has 0 saturated heterocycles. The topological polar surface area (TPSA) is 51.1 Å². The van der Waals surface area contributed by atoms with Crippen LogP contribution >= 0.6 is 15.9 Å². The quantitative estimate of drug-likeness (QED) is 0.446. The normalized spacial score (nSPS) is 20.6. The Morgan fingerprint density at radius 3 is 2.30 bits per heavy atom. The maximum Gasteiger partial charge on any atom is 0.247 e. The van der Waals surface area contributed by atoms with Gasteiger partial charge in [0.2, 0.25) is 5.91 Å². The van der Waals surface area contributed by atoms with Gasteiger partial charge in [0, 0.05) is 16.8 Å². The second-order valence-corrected chi connectivity index (χ2v) is 8.12. The van der Waals surface area contributed by atoms with Crippen LogP contribution in [0.25, 0.3) is 0 Å². The number of halogens is 1. The molecule has 2 aromatic rings. The van der Waals surface area contributed by atoms with E-state index in [1.165, 1.54) is 5.56 Å². The molecule has 2 atom stereocenters. The van der Waals surface area contributed by atoms with E-state index >= 15 is 0 Å². The second-order valence-electron chi connectivity index (χ2n) is 7.56. The molecular formula is C24H25BrN2O3. The summed E-state index contributed by atoms with van der Waals surface area (Å²) in [4.78, 5) is 13.2. The van der Waals surface area contributed by atoms with Crippen LogP contribution in [0.1, 0.15) is 29.5 Å². The Hall–Kier alpha value is -2.60. The second kappa shape index (κ2) is 9.04. The first-order chi connectivity index (χ1) is 14.6. The molecule has 1 aliphatic carbocycles. The van der Waals surface area contributed by atoms with Crippen LogP contribution in [0.5, 0.6) is 11.5 Å². The lowest BCUT2D eigenvalue weighted by molar-refractivity contribution is -0.138. The third-order valence-corrected chi connectivity index (χ3v) is 6.42. The number of hydrazone groups is 1. The van der Waals surface area contributed by atoms with Crippen LogP contribution in [0.15, 0.2) is 59.7 Å². The van der Waals surface area contributed by atoms with Crippen molar-refractivity contribution in [1.29, 1.82) is 0 Å². The van der Waals surface area contributed by atoms with Crippen molar-refractivity contribution in [2.24, 2.45) is 16.9 Å². The summed E-state index contributed by atoms with van der Waals surface area (Å²) in [6.45, 7) is 0.463. The van der Waals surface area contributed by atoms with Gasteiger partial charge in [-0.3, -0.25) is 4.79 Å². The minimum atomic E-state index is -0.0857. The van der Waals surface area contributed by atoms with E-state index in [2.05, 4.69) is 52.3 Å². The van der Waals surface area contributed by atoms with Gasteiger partial charge >= 0.3 is 0 Å². The summed E-state index contributed by atoms with van der Waals surface area (Å²) < 4.78 is 10.9. The summed E-state index contributed by atoms with van der Waals surface area (Å²) in [7, 11) is 3.25. The number of nitrogens with zero attached hydrogens (tertiary/aromatic N) is 2. The Morgan fingerprint density at radius 1 is 0.967 bits per heavy atom. The van der Waals surface area contributed by atoms with Crippen LogP contribution in [0.4, 0.5) is 0 Å². The van der Waals surface area contributed by atoms with Gasteiger partial charge in [0.25, 0.3) is 0 Å². The average molecular weight is 469 g/mol. The van der Waals surface area contributed by atoms with E-state index in [9.17, 15) is 4.79 Å². The van der Waals surface area contributed by atoms with Gasteiger partial charge < -0.3 is 9.47 Å². The lowest BCUT2D eigenvalue weighted by Crippen LogP contribution is -2.45. The summed E-state index contributed by atoms with van der Waals surface area (Å²) in [5, 5.41) is 7.29. The maximum absolute atomic E-state index is 13.2. The van der Waals surface area contributed by atoms with Gasteiger partial charge in [-0.05, 0) is 42.2 Å². The fourth-order valence-electron chi connectivity index (χ4n) is 4.12. The van der Waals surface area contributed by atoms with E-state index in [0.29, 0.717) is 18.0 Å². The lowest BCUT2D eigenvalue weighted by atomic mass is 9.76. The van der Waals surface area contributed by atoms with E-state index < -0.39 is 0 Å². The molecule has 1 amide bonds. The van der Waals surface area contributed by atoms with E-state index in [1.54, 1.807) is 19.2 Å².